The third kappa shape index (κ3) is 4.75. The molecule has 0 spiro atoms. The number of carbonyl (C=O) groups is 1. The molecule has 0 aliphatic heterocycles. The molecular weight excluding hydrogens is 420 g/mol. The molecule has 2 heterocycles. The van der Waals surface area contributed by atoms with E-state index < -0.39 is 38.4 Å². The number of Topliss-reactive ketones (excluding diaryl/α,β-unsaturated/α-hetero) is 1. The lowest BCUT2D eigenvalue weighted by Crippen LogP contribution is -2.18. The van der Waals surface area contributed by atoms with Crippen molar-refractivity contribution in [1.29, 1.82) is 0 Å². The smallest absolute Gasteiger partial charge is 0.331 e. The standard InChI is InChI=1S/C15H12ClF2N5O4S/c1-23-8-19-12(21-23)7-28(25,26)6-11(24)9-2-4-10(5-3-9)13-20-14(27-22-13)15(16,17)18/h2-5,8H,6-7H2,1H3. The highest BCUT2D eigenvalue weighted by atomic mass is 35.5. The van der Waals surface area contributed by atoms with Crippen molar-refractivity contribution in [3.63, 3.8) is 0 Å². The maximum Gasteiger partial charge on any atom is 0.400 e. The zero-order chi connectivity index (χ0) is 20.5. The van der Waals surface area contributed by atoms with Crippen LogP contribution < -0.4 is 0 Å². The summed E-state index contributed by atoms with van der Waals surface area (Å²) in [5.41, 5.74) is 0.403. The lowest BCUT2D eigenvalue weighted by Gasteiger charge is -2.03. The van der Waals surface area contributed by atoms with Crippen molar-refractivity contribution in [2.75, 3.05) is 5.75 Å². The van der Waals surface area contributed by atoms with Crippen molar-refractivity contribution < 1.29 is 26.5 Å². The van der Waals surface area contributed by atoms with Crippen LogP contribution >= 0.6 is 11.6 Å². The van der Waals surface area contributed by atoms with Crippen LogP contribution in [0, 0.1) is 0 Å². The summed E-state index contributed by atoms with van der Waals surface area (Å²) in [6.07, 6.45) is 1.36. The van der Waals surface area contributed by atoms with E-state index in [2.05, 4.69) is 24.7 Å². The third-order valence-corrected chi connectivity index (χ3v) is 5.04. The SMILES string of the molecule is Cn1cnc(CS(=O)(=O)CC(=O)c2ccc(-c3noc(C(F)(F)Cl)n3)cc2)n1. The molecule has 28 heavy (non-hydrogen) atoms. The van der Waals surface area contributed by atoms with Crippen molar-refractivity contribution in [2.45, 2.75) is 11.1 Å². The van der Waals surface area contributed by atoms with E-state index >= 15 is 0 Å². The Morgan fingerprint density at radius 1 is 1.29 bits per heavy atom. The minimum absolute atomic E-state index is 0.0923. The van der Waals surface area contributed by atoms with E-state index in [-0.39, 0.29) is 22.8 Å². The predicted molar refractivity (Wildman–Crippen MR) is 92.3 cm³/mol. The average Bonchev–Trinajstić information content (AvgIpc) is 3.23. The van der Waals surface area contributed by atoms with E-state index in [1.807, 2.05) is 0 Å². The maximum atomic E-state index is 12.9. The first-order valence-electron chi connectivity index (χ1n) is 7.63. The molecule has 0 aliphatic rings. The molecule has 0 aliphatic carbocycles. The number of hydrogen-bond acceptors (Lipinski definition) is 8. The quantitative estimate of drug-likeness (QED) is 0.411. The Bertz CT molecular complexity index is 1110. The molecule has 3 rings (SSSR count). The Hall–Kier alpha value is -2.73. The molecule has 9 nitrogen and oxygen atoms in total. The van der Waals surface area contributed by atoms with Gasteiger partial charge in [0, 0.05) is 18.2 Å². The lowest BCUT2D eigenvalue weighted by atomic mass is 10.1. The fraction of sp³-hybridized carbons (Fsp3) is 0.267. The summed E-state index contributed by atoms with van der Waals surface area (Å²) >= 11 is 4.81. The van der Waals surface area contributed by atoms with E-state index in [0.29, 0.717) is 0 Å². The number of aromatic nitrogens is 5. The van der Waals surface area contributed by atoms with Crippen molar-refractivity contribution in [1.82, 2.24) is 24.9 Å². The largest absolute Gasteiger partial charge is 0.400 e. The van der Waals surface area contributed by atoms with Crippen LogP contribution in [0.1, 0.15) is 22.1 Å². The summed E-state index contributed by atoms with van der Waals surface area (Å²) in [4.78, 5) is 19.5. The van der Waals surface area contributed by atoms with Crippen molar-refractivity contribution in [3.8, 4) is 11.4 Å². The van der Waals surface area contributed by atoms with E-state index in [0.717, 1.165) is 0 Å². The highest BCUT2D eigenvalue weighted by molar-refractivity contribution is 7.91. The highest BCUT2D eigenvalue weighted by Crippen LogP contribution is 2.32. The minimum Gasteiger partial charge on any atom is -0.331 e. The van der Waals surface area contributed by atoms with Crippen LogP contribution in [-0.2, 0) is 28.0 Å². The van der Waals surface area contributed by atoms with Crippen LogP contribution in [0.4, 0.5) is 8.78 Å². The molecule has 0 saturated heterocycles. The second-order valence-electron chi connectivity index (χ2n) is 5.79. The van der Waals surface area contributed by atoms with Crippen LogP contribution in [0.15, 0.2) is 35.1 Å². The van der Waals surface area contributed by atoms with Gasteiger partial charge in [-0.05, 0) is 11.6 Å². The van der Waals surface area contributed by atoms with E-state index in [4.69, 9.17) is 11.6 Å². The van der Waals surface area contributed by atoms with Gasteiger partial charge in [0.2, 0.25) is 5.82 Å². The van der Waals surface area contributed by atoms with Gasteiger partial charge >= 0.3 is 11.3 Å². The molecule has 1 aromatic carbocycles. The van der Waals surface area contributed by atoms with Crippen LogP contribution in [0.25, 0.3) is 11.4 Å². The number of carbonyl (C=O) groups excluding carboxylic acids is 1. The molecule has 0 bridgehead atoms. The van der Waals surface area contributed by atoms with Crippen molar-refractivity contribution in [3.05, 3.63) is 47.9 Å². The van der Waals surface area contributed by atoms with Gasteiger partial charge in [-0.3, -0.25) is 9.48 Å². The molecule has 0 unspecified atom stereocenters. The molecule has 0 amide bonds. The summed E-state index contributed by atoms with van der Waals surface area (Å²) < 4.78 is 55.9. The first-order valence-corrected chi connectivity index (χ1v) is 9.83. The Kier molecular flexibility index (Phi) is 5.26. The van der Waals surface area contributed by atoms with Gasteiger partial charge in [-0.25, -0.2) is 13.4 Å². The number of alkyl halides is 3. The average molecular weight is 432 g/mol. The molecular formula is C15H12ClF2N5O4S. The fourth-order valence-electron chi connectivity index (χ4n) is 2.24. The molecule has 0 fully saturated rings. The number of hydrogen-bond donors (Lipinski definition) is 0. The summed E-state index contributed by atoms with van der Waals surface area (Å²) in [6, 6.07) is 5.42. The Balaban J connectivity index is 1.70. The van der Waals surface area contributed by atoms with E-state index in [9.17, 15) is 22.0 Å². The summed E-state index contributed by atoms with van der Waals surface area (Å²) in [5, 5.41) is 3.46. The molecule has 3 aromatic rings. The molecule has 0 radical (unpaired) electrons. The number of nitrogens with zero attached hydrogens (tertiary/aromatic N) is 5. The van der Waals surface area contributed by atoms with Gasteiger partial charge in [0.25, 0.3) is 0 Å². The second-order valence-corrected chi connectivity index (χ2v) is 8.33. The van der Waals surface area contributed by atoms with Gasteiger partial charge in [-0.15, -0.1) is 0 Å². The second kappa shape index (κ2) is 7.36. The monoisotopic (exact) mass is 431 g/mol. The summed E-state index contributed by atoms with van der Waals surface area (Å²) in [5.74, 6) is -2.94. The number of ketones is 1. The van der Waals surface area contributed by atoms with E-state index in [1.165, 1.54) is 35.3 Å². The molecule has 0 N–H and O–H groups in total. The maximum absolute atomic E-state index is 12.9. The molecule has 0 saturated carbocycles. The van der Waals surface area contributed by atoms with Gasteiger partial charge in [0.1, 0.15) is 17.8 Å². The normalized spacial score (nSPS) is 12.3. The lowest BCUT2D eigenvalue weighted by molar-refractivity contribution is 0.0551. The number of sulfone groups is 1. The Morgan fingerprint density at radius 3 is 2.50 bits per heavy atom. The number of rotatable bonds is 7. The van der Waals surface area contributed by atoms with Gasteiger partial charge in [-0.1, -0.05) is 29.4 Å². The number of benzene rings is 1. The molecule has 0 atom stereocenters. The van der Waals surface area contributed by atoms with Crippen molar-refractivity contribution in [2.24, 2.45) is 7.05 Å². The highest BCUT2D eigenvalue weighted by Gasteiger charge is 2.35. The third-order valence-electron chi connectivity index (χ3n) is 3.48. The summed E-state index contributed by atoms with van der Waals surface area (Å²) in [7, 11) is -2.18. The number of halogens is 3. The van der Waals surface area contributed by atoms with Gasteiger partial charge in [0.05, 0.1) is 0 Å². The zero-order valence-corrected chi connectivity index (χ0v) is 15.8. The Labute approximate surface area is 162 Å². The topological polar surface area (TPSA) is 121 Å². The number of aryl methyl sites for hydroxylation is 1. The molecule has 148 valence electrons. The predicted octanol–water partition coefficient (Wildman–Crippen LogP) is 1.95. The first-order chi connectivity index (χ1) is 13.0. The van der Waals surface area contributed by atoms with Crippen LogP contribution in [0.5, 0.6) is 0 Å². The van der Waals surface area contributed by atoms with Gasteiger partial charge in [0.15, 0.2) is 21.4 Å². The van der Waals surface area contributed by atoms with Gasteiger partial charge in [-0.2, -0.15) is 18.9 Å². The van der Waals surface area contributed by atoms with Crippen LogP contribution in [-0.4, -0.2) is 44.9 Å². The van der Waals surface area contributed by atoms with Crippen LogP contribution in [0.2, 0.25) is 0 Å². The first kappa shape index (κ1) is 20.0. The zero-order valence-electron chi connectivity index (χ0n) is 14.2. The van der Waals surface area contributed by atoms with Gasteiger partial charge < -0.3 is 4.52 Å². The van der Waals surface area contributed by atoms with E-state index in [1.54, 1.807) is 7.05 Å². The molecule has 13 heteroatoms. The summed E-state index contributed by atoms with van der Waals surface area (Å²) in [6.45, 7) is 0. The fourth-order valence-corrected chi connectivity index (χ4v) is 3.51. The minimum atomic E-state index is -3.79. The Morgan fingerprint density at radius 2 is 1.96 bits per heavy atom. The molecule has 2 aromatic heterocycles. The van der Waals surface area contributed by atoms with Crippen molar-refractivity contribution >= 4 is 27.2 Å². The van der Waals surface area contributed by atoms with Crippen LogP contribution in [0.3, 0.4) is 0 Å².